The molecule has 1 aliphatic carbocycles. The van der Waals surface area contributed by atoms with Crippen LogP contribution in [0.4, 0.5) is 0 Å². The lowest BCUT2D eigenvalue weighted by Gasteiger charge is -2.48. The predicted octanol–water partition coefficient (Wildman–Crippen LogP) is 3.30. The van der Waals surface area contributed by atoms with Gasteiger partial charge in [-0.3, -0.25) is 14.4 Å². The zero-order valence-corrected chi connectivity index (χ0v) is 19.1. The molecule has 1 amide bonds. The molecule has 8 nitrogen and oxygen atoms in total. The summed E-state index contributed by atoms with van der Waals surface area (Å²) in [5, 5.41) is 10.2. The summed E-state index contributed by atoms with van der Waals surface area (Å²) in [4.78, 5) is 53.2. The first-order valence-corrected chi connectivity index (χ1v) is 10.7. The number of amides is 1. The van der Waals surface area contributed by atoms with Crippen LogP contribution in [0.25, 0.3) is 0 Å². The lowest BCUT2D eigenvalue weighted by atomic mass is 9.68. The summed E-state index contributed by atoms with van der Waals surface area (Å²) in [6.07, 6.45) is 6.85. The minimum absolute atomic E-state index is 0.0616. The van der Waals surface area contributed by atoms with Gasteiger partial charge in [-0.05, 0) is 47.0 Å². The molecule has 1 heterocycles. The molecule has 32 heavy (non-hydrogen) atoms. The number of carboxylic acids is 1. The standard InChI is InChI=1S/C24H31NO7/c1-6-15-32-22(30)24(14-10-13-18(26)31-7-2)19(20(27)28)16-11-8-9-12-17(16)25(21(24)29)23(3,4)5/h6,8,11-12H,1,7,9-10,13-15H2,2-5H3,(H,27,28). The first-order chi connectivity index (χ1) is 15.0. The SMILES string of the molecule is C=CCOC(=O)C1(CCCC(=O)OCC)C(=O)N(C(C)(C)C)C2=CCC=CC2=C1C(=O)O. The van der Waals surface area contributed by atoms with Crippen LogP contribution >= 0.6 is 0 Å². The molecule has 1 aliphatic heterocycles. The molecule has 174 valence electrons. The monoisotopic (exact) mass is 445 g/mol. The second-order valence-electron chi connectivity index (χ2n) is 8.58. The van der Waals surface area contributed by atoms with E-state index in [0.717, 1.165) is 0 Å². The van der Waals surface area contributed by atoms with Crippen molar-refractivity contribution < 1.29 is 33.8 Å². The third kappa shape index (κ3) is 4.69. The van der Waals surface area contributed by atoms with Gasteiger partial charge >= 0.3 is 17.9 Å². The van der Waals surface area contributed by atoms with Crippen LogP contribution in [-0.4, -0.2) is 52.6 Å². The molecule has 2 aliphatic rings. The Morgan fingerprint density at radius 2 is 1.97 bits per heavy atom. The molecule has 0 aromatic rings. The summed E-state index contributed by atoms with van der Waals surface area (Å²) in [5.41, 5.74) is -2.43. The van der Waals surface area contributed by atoms with Crippen molar-refractivity contribution in [2.24, 2.45) is 5.41 Å². The normalized spacial score (nSPS) is 20.4. The Labute approximate surface area is 188 Å². The average Bonchev–Trinajstić information content (AvgIpc) is 2.70. The summed E-state index contributed by atoms with van der Waals surface area (Å²) >= 11 is 0. The zero-order valence-electron chi connectivity index (χ0n) is 19.1. The number of aliphatic carboxylic acids is 1. The van der Waals surface area contributed by atoms with Crippen molar-refractivity contribution in [3.8, 4) is 0 Å². The van der Waals surface area contributed by atoms with Crippen LogP contribution in [0.2, 0.25) is 0 Å². The molecule has 0 saturated carbocycles. The van der Waals surface area contributed by atoms with Gasteiger partial charge in [-0.25, -0.2) is 4.79 Å². The van der Waals surface area contributed by atoms with Crippen LogP contribution in [0, 0.1) is 5.41 Å². The first kappa shape index (κ1) is 25.1. The molecule has 0 spiro atoms. The largest absolute Gasteiger partial charge is 0.478 e. The van der Waals surface area contributed by atoms with Gasteiger partial charge in [-0.1, -0.05) is 30.9 Å². The highest BCUT2D eigenvalue weighted by molar-refractivity contribution is 6.16. The van der Waals surface area contributed by atoms with Gasteiger partial charge in [-0.15, -0.1) is 0 Å². The van der Waals surface area contributed by atoms with E-state index in [2.05, 4.69) is 6.58 Å². The van der Waals surface area contributed by atoms with Gasteiger partial charge in [0, 0.05) is 23.2 Å². The molecule has 0 saturated heterocycles. The molecule has 1 N–H and O–H groups in total. The van der Waals surface area contributed by atoms with Crippen molar-refractivity contribution in [2.45, 2.75) is 58.9 Å². The Bertz CT molecular complexity index is 904. The maximum absolute atomic E-state index is 14.0. The fraction of sp³-hybridized carbons (Fsp3) is 0.500. The van der Waals surface area contributed by atoms with E-state index in [1.54, 1.807) is 25.2 Å². The highest BCUT2D eigenvalue weighted by Gasteiger charge is 2.60. The van der Waals surface area contributed by atoms with Crippen molar-refractivity contribution in [3.05, 3.63) is 47.7 Å². The molecule has 1 atom stereocenters. The molecular weight excluding hydrogens is 414 g/mol. The van der Waals surface area contributed by atoms with E-state index in [1.807, 2.05) is 20.8 Å². The van der Waals surface area contributed by atoms with Crippen molar-refractivity contribution >= 4 is 23.8 Å². The highest BCUT2D eigenvalue weighted by atomic mass is 16.5. The predicted molar refractivity (Wildman–Crippen MR) is 117 cm³/mol. The maximum atomic E-state index is 14.0. The lowest BCUT2D eigenvalue weighted by Crippen LogP contribution is -2.60. The van der Waals surface area contributed by atoms with Crippen LogP contribution < -0.4 is 0 Å². The fourth-order valence-electron chi connectivity index (χ4n) is 4.10. The van der Waals surface area contributed by atoms with Crippen LogP contribution in [0.5, 0.6) is 0 Å². The van der Waals surface area contributed by atoms with Crippen LogP contribution in [0.1, 0.15) is 53.4 Å². The number of fused-ring (bicyclic) bond motifs is 1. The van der Waals surface area contributed by atoms with Crippen molar-refractivity contribution in [2.75, 3.05) is 13.2 Å². The number of hydrogen-bond acceptors (Lipinski definition) is 6. The third-order valence-electron chi connectivity index (χ3n) is 5.32. The quantitative estimate of drug-likeness (QED) is 0.329. The van der Waals surface area contributed by atoms with Gasteiger partial charge in [0.15, 0.2) is 5.41 Å². The number of ether oxygens (including phenoxy) is 2. The topological polar surface area (TPSA) is 110 Å². The van der Waals surface area contributed by atoms with Crippen LogP contribution in [-0.2, 0) is 28.7 Å². The second-order valence-corrected chi connectivity index (χ2v) is 8.58. The number of rotatable bonds is 9. The number of esters is 2. The van der Waals surface area contributed by atoms with E-state index in [9.17, 15) is 24.3 Å². The van der Waals surface area contributed by atoms with Gasteiger partial charge in [0.2, 0.25) is 5.91 Å². The summed E-state index contributed by atoms with van der Waals surface area (Å²) < 4.78 is 10.2. The molecule has 1 unspecified atom stereocenters. The Morgan fingerprint density at radius 3 is 2.53 bits per heavy atom. The Hall–Kier alpha value is -3.16. The summed E-state index contributed by atoms with van der Waals surface area (Å²) in [6, 6.07) is 0. The van der Waals surface area contributed by atoms with Gasteiger partial charge in [-0.2, -0.15) is 0 Å². The molecular formula is C24H31NO7. The van der Waals surface area contributed by atoms with E-state index < -0.39 is 34.8 Å². The van der Waals surface area contributed by atoms with Crippen LogP contribution in [0.3, 0.4) is 0 Å². The Kier molecular flexibility index (Phi) is 7.83. The van der Waals surface area contributed by atoms with Gasteiger partial charge in [0.1, 0.15) is 6.61 Å². The molecule has 0 radical (unpaired) electrons. The number of carboxylic acid groups (broad SMARTS) is 1. The fourth-order valence-corrected chi connectivity index (χ4v) is 4.10. The minimum atomic E-state index is -2.11. The van der Waals surface area contributed by atoms with Crippen molar-refractivity contribution in [1.82, 2.24) is 4.90 Å². The number of allylic oxidation sites excluding steroid dienone is 3. The van der Waals surface area contributed by atoms with E-state index in [0.29, 0.717) is 17.7 Å². The molecule has 0 bridgehead atoms. The summed E-state index contributed by atoms with van der Waals surface area (Å²) in [7, 11) is 0. The molecule has 8 heteroatoms. The third-order valence-corrected chi connectivity index (χ3v) is 5.32. The van der Waals surface area contributed by atoms with E-state index in [-0.39, 0.29) is 38.0 Å². The number of carbonyl (C=O) groups is 4. The summed E-state index contributed by atoms with van der Waals surface area (Å²) in [5.74, 6) is -3.51. The van der Waals surface area contributed by atoms with Crippen molar-refractivity contribution in [1.29, 1.82) is 0 Å². The van der Waals surface area contributed by atoms with E-state index >= 15 is 0 Å². The zero-order chi connectivity index (χ0) is 24.1. The molecule has 0 aromatic carbocycles. The first-order valence-electron chi connectivity index (χ1n) is 10.7. The van der Waals surface area contributed by atoms with E-state index in [4.69, 9.17) is 9.47 Å². The Balaban J connectivity index is 2.73. The van der Waals surface area contributed by atoms with Crippen molar-refractivity contribution in [3.63, 3.8) is 0 Å². The minimum Gasteiger partial charge on any atom is -0.478 e. The lowest BCUT2D eigenvalue weighted by molar-refractivity contribution is -0.167. The maximum Gasteiger partial charge on any atom is 0.333 e. The summed E-state index contributed by atoms with van der Waals surface area (Å²) in [6.45, 7) is 10.6. The number of carbonyl (C=O) groups excluding carboxylic acids is 3. The Morgan fingerprint density at radius 1 is 1.28 bits per heavy atom. The molecule has 0 aromatic heterocycles. The molecule has 0 fully saturated rings. The van der Waals surface area contributed by atoms with Gasteiger partial charge in [0.25, 0.3) is 0 Å². The highest BCUT2D eigenvalue weighted by Crippen LogP contribution is 2.49. The second kappa shape index (κ2) is 9.97. The molecule has 2 rings (SSSR count). The van der Waals surface area contributed by atoms with Gasteiger partial charge < -0.3 is 19.5 Å². The number of hydrogen-bond donors (Lipinski definition) is 1. The number of nitrogens with zero attached hydrogens (tertiary/aromatic N) is 1. The average molecular weight is 446 g/mol. The smallest absolute Gasteiger partial charge is 0.333 e. The van der Waals surface area contributed by atoms with Crippen LogP contribution in [0.15, 0.2) is 47.7 Å². The van der Waals surface area contributed by atoms with Gasteiger partial charge in [0.05, 0.1) is 12.2 Å². The van der Waals surface area contributed by atoms with E-state index in [1.165, 1.54) is 11.0 Å².